The number of rotatable bonds is 11. The molecule has 0 aliphatic rings. The van der Waals surface area contributed by atoms with E-state index >= 15 is 0 Å². The molecule has 0 aliphatic heterocycles. The third-order valence-corrected chi connectivity index (χ3v) is 6.27. The molecule has 6 heteroatoms. The number of nitrogens with zero attached hydrogens (tertiary/aromatic N) is 1. The summed E-state index contributed by atoms with van der Waals surface area (Å²) in [6, 6.07) is 13.8. The molecule has 168 valence electrons. The summed E-state index contributed by atoms with van der Waals surface area (Å²) in [4.78, 5) is 28.8. The van der Waals surface area contributed by atoms with E-state index in [9.17, 15) is 14.0 Å². The fourth-order valence-corrected chi connectivity index (χ4v) is 4.02. The van der Waals surface area contributed by atoms with Crippen molar-refractivity contribution in [3.63, 3.8) is 0 Å². The molecule has 0 saturated carbocycles. The molecule has 0 bridgehead atoms. The van der Waals surface area contributed by atoms with Gasteiger partial charge in [0.1, 0.15) is 11.9 Å². The lowest BCUT2D eigenvalue weighted by Crippen LogP contribution is -2.50. The normalized spacial score (nSPS) is 12.8. The van der Waals surface area contributed by atoms with Crippen LogP contribution in [0, 0.1) is 12.7 Å². The van der Waals surface area contributed by atoms with Crippen LogP contribution >= 0.6 is 11.8 Å². The van der Waals surface area contributed by atoms with Gasteiger partial charge in [-0.3, -0.25) is 9.59 Å². The predicted octanol–water partition coefficient (Wildman–Crippen LogP) is 5.34. The van der Waals surface area contributed by atoms with Crippen molar-refractivity contribution in [2.24, 2.45) is 0 Å². The van der Waals surface area contributed by atoms with Crippen LogP contribution in [0.5, 0.6) is 0 Å². The van der Waals surface area contributed by atoms with Crippen molar-refractivity contribution in [3.05, 3.63) is 65.5 Å². The zero-order valence-corrected chi connectivity index (χ0v) is 19.7. The van der Waals surface area contributed by atoms with Crippen LogP contribution in [0.1, 0.15) is 51.2 Å². The molecule has 0 saturated heterocycles. The molecule has 0 fully saturated rings. The topological polar surface area (TPSA) is 49.4 Å². The minimum atomic E-state index is -0.559. The van der Waals surface area contributed by atoms with Crippen molar-refractivity contribution in [1.29, 1.82) is 0 Å². The Kier molecular flexibility index (Phi) is 10.0. The maximum absolute atomic E-state index is 13.3. The van der Waals surface area contributed by atoms with E-state index in [4.69, 9.17) is 0 Å². The smallest absolute Gasteiger partial charge is 0.243 e. The Balaban J connectivity index is 2.12. The molecule has 4 nitrogen and oxygen atoms in total. The van der Waals surface area contributed by atoms with Crippen molar-refractivity contribution < 1.29 is 14.0 Å². The molecule has 0 heterocycles. The molecule has 0 aromatic heterocycles. The Morgan fingerprint density at radius 1 is 1.03 bits per heavy atom. The maximum Gasteiger partial charge on any atom is 0.243 e. The summed E-state index contributed by atoms with van der Waals surface area (Å²) >= 11 is 1.63. The number of benzene rings is 2. The summed E-state index contributed by atoms with van der Waals surface area (Å²) in [5, 5.41) is 3.00. The molecule has 0 radical (unpaired) electrons. The van der Waals surface area contributed by atoms with E-state index in [0.717, 1.165) is 16.9 Å². The first-order chi connectivity index (χ1) is 14.8. The molecule has 31 heavy (non-hydrogen) atoms. The Bertz CT molecular complexity index is 840. The highest BCUT2D eigenvalue weighted by Gasteiger charge is 2.29. The van der Waals surface area contributed by atoms with Crippen LogP contribution in [0.25, 0.3) is 0 Å². The van der Waals surface area contributed by atoms with E-state index in [1.54, 1.807) is 28.8 Å². The summed E-state index contributed by atoms with van der Waals surface area (Å²) in [6.45, 7) is 8.19. The van der Waals surface area contributed by atoms with Gasteiger partial charge in [0, 0.05) is 29.7 Å². The number of carbonyl (C=O) groups is 2. The first kappa shape index (κ1) is 24.9. The van der Waals surface area contributed by atoms with Crippen molar-refractivity contribution in [2.75, 3.05) is 5.75 Å². The minimum absolute atomic E-state index is 0.0430. The first-order valence-corrected chi connectivity index (χ1v) is 11.9. The second kappa shape index (κ2) is 12.5. The van der Waals surface area contributed by atoms with Crippen molar-refractivity contribution in [3.8, 4) is 0 Å². The number of thioether (sulfide) groups is 1. The molecular weight excluding hydrogens is 411 g/mol. The highest BCUT2D eigenvalue weighted by molar-refractivity contribution is 7.99. The average Bonchev–Trinajstić information content (AvgIpc) is 2.76. The quantitative estimate of drug-likeness (QED) is 0.476. The summed E-state index contributed by atoms with van der Waals surface area (Å²) in [5.74, 6) is 0.0943. The van der Waals surface area contributed by atoms with Gasteiger partial charge in [0.2, 0.25) is 11.8 Å². The highest BCUT2D eigenvalue weighted by atomic mass is 32.2. The largest absolute Gasteiger partial charge is 0.352 e. The molecule has 0 aliphatic carbocycles. The lowest BCUT2D eigenvalue weighted by atomic mass is 10.1. The predicted molar refractivity (Wildman–Crippen MR) is 125 cm³/mol. The highest BCUT2D eigenvalue weighted by Crippen LogP contribution is 2.21. The Labute approximate surface area is 189 Å². The second-order valence-corrected chi connectivity index (χ2v) is 8.97. The molecule has 2 atom stereocenters. The number of nitrogens with one attached hydrogen (secondary N) is 1. The van der Waals surface area contributed by atoms with Crippen LogP contribution in [0.2, 0.25) is 0 Å². The van der Waals surface area contributed by atoms with Gasteiger partial charge in [-0.05, 0) is 56.5 Å². The van der Waals surface area contributed by atoms with E-state index in [-0.39, 0.29) is 30.2 Å². The summed E-state index contributed by atoms with van der Waals surface area (Å²) in [7, 11) is 0. The van der Waals surface area contributed by atoms with Crippen LogP contribution in [0.15, 0.2) is 53.4 Å². The molecular formula is C25H33FN2O2S. The third-order valence-electron chi connectivity index (χ3n) is 5.26. The van der Waals surface area contributed by atoms with Gasteiger partial charge in [0.25, 0.3) is 0 Å². The van der Waals surface area contributed by atoms with Gasteiger partial charge in [-0.15, -0.1) is 11.8 Å². The van der Waals surface area contributed by atoms with Crippen molar-refractivity contribution in [1.82, 2.24) is 10.2 Å². The molecule has 1 N–H and O–H groups in total. The SMILES string of the molecule is CC[C@H](C(=O)N[C@@H](C)CC)N(Cc1ccc(F)cc1)C(=O)CCSc1ccc(C)cc1. The van der Waals surface area contributed by atoms with Gasteiger partial charge in [0.15, 0.2) is 0 Å². The van der Waals surface area contributed by atoms with Gasteiger partial charge in [-0.1, -0.05) is 43.7 Å². The summed E-state index contributed by atoms with van der Waals surface area (Å²) in [5.41, 5.74) is 2.00. The fourth-order valence-electron chi connectivity index (χ4n) is 3.18. The standard InChI is InChI=1S/C25H33FN2O2S/c1-5-19(4)27-25(30)23(6-2)28(17-20-9-11-21(26)12-10-20)24(29)15-16-31-22-13-7-18(3)8-14-22/h7-14,19,23H,5-6,15-17H2,1-4H3,(H,27,30)/t19-,23+/m0/s1. The second-order valence-electron chi connectivity index (χ2n) is 7.80. The minimum Gasteiger partial charge on any atom is -0.352 e. The van der Waals surface area contributed by atoms with Crippen molar-refractivity contribution in [2.45, 2.75) is 70.5 Å². The van der Waals surface area contributed by atoms with Crippen LogP contribution in [-0.4, -0.2) is 34.6 Å². The molecule has 2 amide bonds. The lowest BCUT2D eigenvalue weighted by Gasteiger charge is -2.31. The summed E-state index contributed by atoms with van der Waals surface area (Å²) < 4.78 is 13.3. The van der Waals surface area contributed by atoms with E-state index in [1.807, 2.05) is 27.7 Å². The molecule has 2 aromatic rings. The fraction of sp³-hybridized carbons (Fsp3) is 0.440. The van der Waals surface area contributed by atoms with E-state index in [0.29, 0.717) is 18.6 Å². The van der Waals surface area contributed by atoms with Gasteiger partial charge >= 0.3 is 0 Å². The van der Waals surface area contributed by atoms with E-state index in [2.05, 4.69) is 29.6 Å². The van der Waals surface area contributed by atoms with Crippen molar-refractivity contribution >= 4 is 23.6 Å². The molecule has 0 unspecified atom stereocenters. The van der Waals surface area contributed by atoms with E-state index in [1.165, 1.54) is 17.7 Å². The van der Waals surface area contributed by atoms with Crippen LogP contribution in [0.4, 0.5) is 4.39 Å². The molecule has 0 spiro atoms. The number of halogens is 1. The zero-order chi connectivity index (χ0) is 22.8. The third kappa shape index (κ3) is 8.02. The average molecular weight is 445 g/mol. The lowest BCUT2D eigenvalue weighted by molar-refractivity contribution is -0.141. The molecule has 2 aromatic carbocycles. The van der Waals surface area contributed by atoms with Gasteiger partial charge < -0.3 is 10.2 Å². The van der Waals surface area contributed by atoms with Gasteiger partial charge in [0.05, 0.1) is 0 Å². The Morgan fingerprint density at radius 2 is 1.68 bits per heavy atom. The number of aryl methyl sites for hydroxylation is 1. The number of amides is 2. The maximum atomic E-state index is 13.3. The van der Waals surface area contributed by atoms with Gasteiger partial charge in [-0.2, -0.15) is 0 Å². The number of hydrogen-bond acceptors (Lipinski definition) is 3. The zero-order valence-electron chi connectivity index (χ0n) is 18.9. The molecule has 2 rings (SSSR count). The van der Waals surface area contributed by atoms with Crippen LogP contribution in [-0.2, 0) is 16.1 Å². The monoisotopic (exact) mass is 444 g/mol. The Morgan fingerprint density at radius 3 is 2.26 bits per heavy atom. The van der Waals surface area contributed by atoms with Gasteiger partial charge in [-0.25, -0.2) is 4.39 Å². The first-order valence-electron chi connectivity index (χ1n) is 10.9. The number of carbonyl (C=O) groups excluding carboxylic acids is 2. The van der Waals surface area contributed by atoms with Crippen LogP contribution < -0.4 is 5.32 Å². The Hall–Kier alpha value is -2.34. The summed E-state index contributed by atoms with van der Waals surface area (Å²) in [6.07, 6.45) is 1.66. The number of hydrogen-bond donors (Lipinski definition) is 1. The van der Waals surface area contributed by atoms with Crippen LogP contribution in [0.3, 0.4) is 0 Å². The van der Waals surface area contributed by atoms with E-state index < -0.39 is 6.04 Å².